The van der Waals surface area contributed by atoms with Gasteiger partial charge in [0, 0.05) is 15.8 Å². The number of aliphatic hydroxyl groups is 1. The van der Waals surface area contributed by atoms with Crippen molar-refractivity contribution in [1.82, 2.24) is 0 Å². The van der Waals surface area contributed by atoms with Crippen LogP contribution in [0.3, 0.4) is 0 Å². The van der Waals surface area contributed by atoms with E-state index in [1.54, 1.807) is 11.3 Å². The minimum absolute atomic E-state index is 0.435. The molecule has 0 amide bonds. The van der Waals surface area contributed by atoms with Gasteiger partial charge in [-0.15, -0.1) is 11.3 Å². The second-order valence-corrected chi connectivity index (χ2v) is 6.73. The first-order valence-electron chi connectivity index (χ1n) is 4.83. The SMILES string of the molecule is OC(Cc1ccccc1)c1cc(Br)c(Br)s1. The molecule has 0 saturated carbocycles. The van der Waals surface area contributed by atoms with E-state index < -0.39 is 6.10 Å². The number of thiophene rings is 1. The first-order chi connectivity index (χ1) is 7.66. The molecule has 16 heavy (non-hydrogen) atoms. The minimum Gasteiger partial charge on any atom is -0.387 e. The van der Waals surface area contributed by atoms with Crippen molar-refractivity contribution < 1.29 is 5.11 Å². The van der Waals surface area contributed by atoms with Crippen molar-refractivity contribution in [2.24, 2.45) is 0 Å². The normalized spacial score (nSPS) is 12.7. The number of hydrogen-bond acceptors (Lipinski definition) is 2. The van der Waals surface area contributed by atoms with E-state index in [0.29, 0.717) is 6.42 Å². The van der Waals surface area contributed by atoms with Crippen LogP contribution >= 0.6 is 43.2 Å². The van der Waals surface area contributed by atoms with E-state index in [1.807, 2.05) is 36.4 Å². The molecule has 1 heterocycles. The summed E-state index contributed by atoms with van der Waals surface area (Å²) < 4.78 is 2.02. The van der Waals surface area contributed by atoms with Crippen molar-refractivity contribution in [1.29, 1.82) is 0 Å². The van der Waals surface area contributed by atoms with E-state index in [1.165, 1.54) is 0 Å². The molecule has 0 fully saturated rings. The second-order valence-electron chi connectivity index (χ2n) is 3.48. The van der Waals surface area contributed by atoms with Crippen LogP contribution in [0.4, 0.5) is 0 Å². The van der Waals surface area contributed by atoms with Crippen LogP contribution in [0.1, 0.15) is 16.5 Å². The molecule has 4 heteroatoms. The Kier molecular flexibility index (Phi) is 4.19. The summed E-state index contributed by atoms with van der Waals surface area (Å²) in [4.78, 5) is 0.975. The maximum atomic E-state index is 10.1. The molecular formula is C12H10Br2OS. The molecule has 0 aliphatic carbocycles. The Morgan fingerprint density at radius 3 is 2.44 bits per heavy atom. The average Bonchev–Trinajstić information content (AvgIpc) is 2.61. The summed E-state index contributed by atoms with van der Waals surface area (Å²) >= 11 is 8.41. The van der Waals surface area contributed by atoms with Gasteiger partial charge in [-0.25, -0.2) is 0 Å². The van der Waals surface area contributed by atoms with Crippen molar-refractivity contribution in [3.8, 4) is 0 Å². The Hall–Kier alpha value is -0.160. The van der Waals surface area contributed by atoms with Gasteiger partial charge in [0.15, 0.2) is 0 Å². The van der Waals surface area contributed by atoms with Gasteiger partial charge in [0.05, 0.1) is 9.89 Å². The van der Waals surface area contributed by atoms with Gasteiger partial charge in [-0.3, -0.25) is 0 Å². The first kappa shape index (κ1) is 12.3. The molecule has 0 aliphatic rings. The molecule has 0 bridgehead atoms. The van der Waals surface area contributed by atoms with Gasteiger partial charge in [-0.1, -0.05) is 30.3 Å². The smallest absolute Gasteiger partial charge is 0.0922 e. The van der Waals surface area contributed by atoms with Gasteiger partial charge in [-0.05, 0) is 43.5 Å². The first-order valence-corrected chi connectivity index (χ1v) is 7.24. The van der Waals surface area contributed by atoms with Gasteiger partial charge in [0.25, 0.3) is 0 Å². The largest absolute Gasteiger partial charge is 0.387 e. The zero-order valence-corrected chi connectivity index (χ0v) is 12.3. The summed E-state index contributed by atoms with van der Waals surface area (Å²) in [6, 6.07) is 12.0. The number of hydrogen-bond donors (Lipinski definition) is 1. The maximum absolute atomic E-state index is 10.1. The lowest BCUT2D eigenvalue weighted by molar-refractivity contribution is 0.182. The van der Waals surface area contributed by atoms with Crippen LogP contribution in [0.2, 0.25) is 0 Å². The van der Waals surface area contributed by atoms with Crippen LogP contribution in [0, 0.1) is 0 Å². The van der Waals surface area contributed by atoms with Gasteiger partial charge in [0.2, 0.25) is 0 Å². The third-order valence-electron chi connectivity index (χ3n) is 2.26. The summed E-state index contributed by atoms with van der Waals surface area (Å²) in [6.45, 7) is 0. The summed E-state index contributed by atoms with van der Waals surface area (Å²) in [7, 11) is 0. The standard InChI is InChI=1S/C12H10Br2OS/c13-9-7-11(16-12(9)14)10(15)6-8-4-2-1-3-5-8/h1-5,7,10,15H,6H2. The van der Waals surface area contributed by atoms with Crippen molar-refractivity contribution in [2.75, 3.05) is 0 Å². The van der Waals surface area contributed by atoms with E-state index in [-0.39, 0.29) is 0 Å². The van der Waals surface area contributed by atoms with E-state index >= 15 is 0 Å². The zero-order valence-electron chi connectivity index (χ0n) is 8.36. The third-order valence-corrected chi connectivity index (χ3v) is 5.62. The molecule has 1 nitrogen and oxygen atoms in total. The number of aliphatic hydroxyl groups excluding tert-OH is 1. The molecule has 84 valence electrons. The van der Waals surface area contributed by atoms with E-state index in [4.69, 9.17) is 0 Å². The van der Waals surface area contributed by atoms with Crippen LogP contribution in [0.15, 0.2) is 44.7 Å². The summed E-state index contributed by atoms with van der Waals surface area (Å²) in [6.07, 6.45) is 0.218. The van der Waals surface area contributed by atoms with Gasteiger partial charge < -0.3 is 5.11 Å². The fraction of sp³-hybridized carbons (Fsp3) is 0.167. The Labute approximate surface area is 115 Å². The molecule has 1 atom stereocenters. The van der Waals surface area contributed by atoms with E-state index in [9.17, 15) is 5.11 Å². The highest BCUT2D eigenvalue weighted by atomic mass is 79.9. The second kappa shape index (κ2) is 5.45. The quantitative estimate of drug-likeness (QED) is 0.850. The Bertz CT molecular complexity index is 448. The lowest BCUT2D eigenvalue weighted by Gasteiger charge is -2.07. The molecule has 0 saturated heterocycles. The van der Waals surface area contributed by atoms with Crippen molar-refractivity contribution in [3.05, 3.63) is 55.1 Å². The van der Waals surface area contributed by atoms with E-state index in [0.717, 1.165) is 18.7 Å². The van der Waals surface area contributed by atoms with Crippen molar-refractivity contribution >= 4 is 43.2 Å². The third kappa shape index (κ3) is 2.94. The molecule has 2 rings (SSSR count). The fourth-order valence-corrected chi connectivity index (χ4v) is 3.54. The van der Waals surface area contributed by atoms with Crippen LogP contribution < -0.4 is 0 Å². The van der Waals surface area contributed by atoms with Crippen LogP contribution in [0.5, 0.6) is 0 Å². The predicted octanol–water partition coefficient (Wildman–Crippen LogP) is 4.55. The molecule has 0 radical (unpaired) electrons. The molecule has 2 aromatic rings. The Morgan fingerprint density at radius 1 is 1.19 bits per heavy atom. The maximum Gasteiger partial charge on any atom is 0.0922 e. The lowest BCUT2D eigenvalue weighted by Crippen LogP contribution is -1.98. The zero-order chi connectivity index (χ0) is 11.5. The van der Waals surface area contributed by atoms with Crippen molar-refractivity contribution in [3.63, 3.8) is 0 Å². The predicted molar refractivity (Wildman–Crippen MR) is 74.8 cm³/mol. The molecular weight excluding hydrogens is 352 g/mol. The molecule has 1 unspecified atom stereocenters. The fourth-order valence-electron chi connectivity index (χ4n) is 1.47. The monoisotopic (exact) mass is 360 g/mol. The summed E-state index contributed by atoms with van der Waals surface area (Å²) in [5, 5.41) is 10.1. The molecule has 0 aliphatic heterocycles. The highest BCUT2D eigenvalue weighted by Crippen LogP contribution is 2.36. The average molecular weight is 362 g/mol. The number of halogens is 2. The Balaban J connectivity index is 2.11. The van der Waals surface area contributed by atoms with Crippen LogP contribution in [0.25, 0.3) is 0 Å². The van der Waals surface area contributed by atoms with Crippen LogP contribution in [-0.4, -0.2) is 5.11 Å². The lowest BCUT2D eigenvalue weighted by atomic mass is 10.1. The van der Waals surface area contributed by atoms with E-state index in [2.05, 4.69) is 31.9 Å². The highest BCUT2D eigenvalue weighted by Gasteiger charge is 2.13. The Morgan fingerprint density at radius 2 is 1.88 bits per heavy atom. The molecule has 1 aromatic carbocycles. The summed E-state index contributed by atoms with van der Waals surface area (Å²) in [5.74, 6) is 0. The highest BCUT2D eigenvalue weighted by molar-refractivity contribution is 9.13. The minimum atomic E-state index is -0.435. The summed E-state index contributed by atoms with van der Waals surface area (Å²) in [5.41, 5.74) is 1.15. The molecule has 1 aromatic heterocycles. The van der Waals surface area contributed by atoms with Gasteiger partial charge in [0.1, 0.15) is 0 Å². The van der Waals surface area contributed by atoms with Gasteiger partial charge >= 0.3 is 0 Å². The number of rotatable bonds is 3. The number of benzene rings is 1. The van der Waals surface area contributed by atoms with Gasteiger partial charge in [-0.2, -0.15) is 0 Å². The molecule has 1 N–H and O–H groups in total. The molecule has 0 spiro atoms. The topological polar surface area (TPSA) is 20.2 Å². The van der Waals surface area contributed by atoms with Crippen molar-refractivity contribution in [2.45, 2.75) is 12.5 Å². The van der Waals surface area contributed by atoms with Crippen LogP contribution in [-0.2, 0) is 6.42 Å².